The van der Waals surface area contributed by atoms with Crippen LogP contribution in [0.5, 0.6) is 0 Å². The number of hydrogen-bond donors (Lipinski definition) is 1. The van der Waals surface area contributed by atoms with Crippen LogP contribution in [0.15, 0.2) is 45.9 Å². The molecule has 3 rings (SSSR count). The molecule has 1 saturated heterocycles. The second-order valence-corrected chi connectivity index (χ2v) is 9.01. The number of nitrogens with zero attached hydrogens (tertiary/aromatic N) is 1. The van der Waals surface area contributed by atoms with Gasteiger partial charge in [0.05, 0.1) is 22.2 Å². The summed E-state index contributed by atoms with van der Waals surface area (Å²) >= 11 is 7.57. The Morgan fingerprint density at radius 2 is 2.08 bits per heavy atom. The van der Waals surface area contributed by atoms with Crippen LogP contribution >= 0.6 is 23.4 Å². The first kappa shape index (κ1) is 18.7. The lowest BCUT2D eigenvalue weighted by Crippen LogP contribution is -2.41. The van der Waals surface area contributed by atoms with E-state index in [-0.39, 0.29) is 22.5 Å². The molecule has 2 heterocycles. The second-order valence-electron chi connectivity index (χ2n) is 5.61. The zero-order chi connectivity index (χ0) is 17.9. The van der Waals surface area contributed by atoms with Gasteiger partial charge in [-0.2, -0.15) is 11.8 Å². The van der Waals surface area contributed by atoms with E-state index in [2.05, 4.69) is 9.62 Å². The lowest BCUT2D eigenvalue weighted by molar-refractivity contribution is 0.193. The number of rotatable bonds is 6. The van der Waals surface area contributed by atoms with E-state index in [1.807, 2.05) is 17.8 Å². The van der Waals surface area contributed by atoms with Gasteiger partial charge in [0.2, 0.25) is 10.0 Å². The zero-order valence-corrected chi connectivity index (χ0v) is 15.7. The van der Waals surface area contributed by atoms with Gasteiger partial charge in [0, 0.05) is 31.1 Å². The largest absolute Gasteiger partial charge is 0.468 e. The summed E-state index contributed by atoms with van der Waals surface area (Å²) < 4.78 is 46.4. The third-order valence-corrected chi connectivity index (χ3v) is 6.68. The predicted octanol–water partition coefficient (Wildman–Crippen LogP) is 3.14. The molecule has 1 aromatic heterocycles. The van der Waals surface area contributed by atoms with Crippen LogP contribution in [0, 0.1) is 5.82 Å². The SMILES string of the molecule is O=S(=O)(NC[C@@H](c1ccco1)N1CCSCC1)c1ccc(F)c(Cl)c1. The molecule has 1 aliphatic heterocycles. The van der Waals surface area contributed by atoms with Crippen LogP contribution in [0.25, 0.3) is 0 Å². The zero-order valence-electron chi connectivity index (χ0n) is 13.3. The highest BCUT2D eigenvalue weighted by atomic mass is 35.5. The minimum Gasteiger partial charge on any atom is -0.468 e. The maximum Gasteiger partial charge on any atom is 0.240 e. The molecule has 1 aromatic carbocycles. The van der Waals surface area contributed by atoms with E-state index >= 15 is 0 Å². The fraction of sp³-hybridized carbons (Fsp3) is 0.375. The molecular formula is C16H18ClFN2O3S2. The normalized spacial score (nSPS) is 17.5. The molecule has 2 aromatic rings. The van der Waals surface area contributed by atoms with Crippen molar-refractivity contribution in [1.29, 1.82) is 0 Å². The van der Waals surface area contributed by atoms with Crippen LogP contribution in [0.2, 0.25) is 5.02 Å². The molecule has 0 spiro atoms. The van der Waals surface area contributed by atoms with Gasteiger partial charge in [-0.15, -0.1) is 0 Å². The third kappa shape index (κ3) is 4.57. The van der Waals surface area contributed by atoms with Gasteiger partial charge in [-0.05, 0) is 30.3 Å². The molecule has 0 aliphatic carbocycles. The highest BCUT2D eigenvalue weighted by Gasteiger charge is 2.27. The molecule has 0 amide bonds. The molecule has 1 fully saturated rings. The number of sulfonamides is 1. The molecule has 9 heteroatoms. The number of furan rings is 1. The minimum atomic E-state index is -3.80. The van der Waals surface area contributed by atoms with Crippen LogP contribution in [-0.2, 0) is 10.0 Å². The highest BCUT2D eigenvalue weighted by molar-refractivity contribution is 7.99. The Labute approximate surface area is 155 Å². The molecule has 25 heavy (non-hydrogen) atoms. The van der Waals surface area contributed by atoms with E-state index in [4.69, 9.17) is 16.0 Å². The minimum absolute atomic E-state index is 0.0636. The number of halogens is 2. The van der Waals surface area contributed by atoms with Crippen molar-refractivity contribution in [2.45, 2.75) is 10.9 Å². The summed E-state index contributed by atoms with van der Waals surface area (Å²) in [6.45, 7) is 1.88. The lowest BCUT2D eigenvalue weighted by Gasteiger charge is -2.33. The summed E-state index contributed by atoms with van der Waals surface area (Å²) in [6.07, 6.45) is 1.58. The maximum atomic E-state index is 13.3. The van der Waals surface area contributed by atoms with Gasteiger partial charge >= 0.3 is 0 Å². The van der Waals surface area contributed by atoms with Gasteiger partial charge in [0.25, 0.3) is 0 Å². The highest BCUT2D eigenvalue weighted by Crippen LogP contribution is 2.25. The van der Waals surface area contributed by atoms with Gasteiger partial charge in [-0.1, -0.05) is 11.6 Å². The lowest BCUT2D eigenvalue weighted by atomic mass is 10.2. The van der Waals surface area contributed by atoms with E-state index < -0.39 is 15.8 Å². The Morgan fingerprint density at radius 3 is 2.72 bits per heavy atom. The number of benzene rings is 1. The van der Waals surface area contributed by atoms with Gasteiger partial charge in [-0.3, -0.25) is 4.90 Å². The Kier molecular flexibility index (Phi) is 6.06. The first-order chi connectivity index (χ1) is 12.0. The predicted molar refractivity (Wildman–Crippen MR) is 96.9 cm³/mol. The molecule has 1 N–H and O–H groups in total. The van der Waals surface area contributed by atoms with Crippen molar-refractivity contribution in [3.63, 3.8) is 0 Å². The van der Waals surface area contributed by atoms with Crippen LogP contribution in [0.4, 0.5) is 4.39 Å². The Bertz CT molecular complexity index is 809. The topological polar surface area (TPSA) is 62.6 Å². The molecular weight excluding hydrogens is 387 g/mol. The third-order valence-electron chi connectivity index (χ3n) is 4.03. The fourth-order valence-corrected chi connectivity index (χ4v) is 4.94. The number of hydrogen-bond acceptors (Lipinski definition) is 5. The standard InChI is InChI=1S/C16H18ClFN2O3S2/c17-13-10-12(3-4-14(13)18)25(21,22)19-11-15(16-2-1-7-23-16)20-5-8-24-9-6-20/h1-4,7,10,15,19H,5-6,8-9,11H2/t15-/m0/s1. The molecule has 5 nitrogen and oxygen atoms in total. The molecule has 136 valence electrons. The Balaban J connectivity index is 1.76. The monoisotopic (exact) mass is 404 g/mol. The summed E-state index contributed by atoms with van der Waals surface area (Å²) in [7, 11) is -3.80. The van der Waals surface area contributed by atoms with Crippen LogP contribution < -0.4 is 4.72 Å². The molecule has 0 unspecified atom stereocenters. The molecule has 0 bridgehead atoms. The summed E-state index contributed by atoms with van der Waals surface area (Å²) in [5.41, 5.74) is 0. The first-order valence-electron chi connectivity index (χ1n) is 7.77. The average molecular weight is 405 g/mol. The second kappa shape index (κ2) is 8.09. The smallest absolute Gasteiger partial charge is 0.240 e. The van der Waals surface area contributed by atoms with Crippen molar-refractivity contribution in [1.82, 2.24) is 9.62 Å². The molecule has 0 saturated carbocycles. The van der Waals surface area contributed by atoms with Crippen LogP contribution in [0.1, 0.15) is 11.8 Å². The van der Waals surface area contributed by atoms with E-state index in [1.165, 1.54) is 6.07 Å². The Hall–Kier alpha value is -1.06. The molecule has 1 atom stereocenters. The van der Waals surface area contributed by atoms with E-state index in [9.17, 15) is 12.8 Å². The summed E-state index contributed by atoms with van der Waals surface area (Å²) in [5.74, 6) is 2.06. The van der Waals surface area contributed by atoms with Crippen LogP contribution in [0.3, 0.4) is 0 Å². The number of nitrogens with one attached hydrogen (secondary N) is 1. The van der Waals surface area contributed by atoms with Crippen molar-refractivity contribution in [2.24, 2.45) is 0 Å². The quantitative estimate of drug-likeness (QED) is 0.801. The van der Waals surface area contributed by atoms with Crippen molar-refractivity contribution in [3.05, 3.63) is 53.2 Å². The molecule has 1 aliphatic rings. The van der Waals surface area contributed by atoms with E-state index in [0.29, 0.717) is 5.76 Å². The Morgan fingerprint density at radius 1 is 1.32 bits per heavy atom. The van der Waals surface area contributed by atoms with Gasteiger partial charge in [0.1, 0.15) is 11.6 Å². The van der Waals surface area contributed by atoms with Crippen molar-refractivity contribution >= 4 is 33.4 Å². The van der Waals surface area contributed by atoms with E-state index in [1.54, 1.807) is 12.3 Å². The fourth-order valence-electron chi connectivity index (χ4n) is 2.70. The van der Waals surface area contributed by atoms with Crippen molar-refractivity contribution in [3.8, 4) is 0 Å². The van der Waals surface area contributed by atoms with Gasteiger partial charge in [-0.25, -0.2) is 17.5 Å². The van der Waals surface area contributed by atoms with Crippen LogP contribution in [-0.4, -0.2) is 44.5 Å². The van der Waals surface area contributed by atoms with Crippen molar-refractivity contribution in [2.75, 3.05) is 31.1 Å². The molecule has 0 radical (unpaired) electrons. The maximum absolute atomic E-state index is 13.3. The average Bonchev–Trinajstić information content (AvgIpc) is 3.12. The van der Waals surface area contributed by atoms with Crippen molar-refractivity contribution < 1.29 is 17.2 Å². The summed E-state index contributed by atoms with van der Waals surface area (Å²) in [6, 6.07) is 6.79. The summed E-state index contributed by atoms with van der Waals surface area (Å²) in [5, 5.41) is -0.224. The summed E-state index contributed by atoms with van der Waals surface area (Å²) in [4.78, 5) is 2.14. The van der Waals surface area contributed by atoms with Gasteiger partial charge in [0.15, 0.2) is 0 Å². The first-order valence-corrected chi connectivity index (χ1v) is 10.8. The van der Waals surface area contributed by atoms with E-state index in [0.717, 1.165) is 36.7 Å². The number of thioether (sulfide) groups is 1. The van der Waals surface area contributed by atoms with Gasteiger partial charge < -0.3 is 4.42 Å².